The topological polar surface area (TPSA) is 12.0 Å². The lowest BCUT2D eigenvalue weighted by Gasteiger charge is -2.26. The first-order valence-electron chi connectivity index (χ1n) is 7.83. The maximum absolute atomic E-state index is 3.69. The van der Waals surface area contributed by atoms with Crippen molar-refractivity contribution in [2.45, 2.75) is 47.6 Å². The van der Waals surface area contributed by atoms with Crippen LogP contribution in [0.25, 0.3) is 0 Å². The molecule has 0 aromatic heterocycles. The Bertz CT molecular complexity index is 614. The van der Waals surface area contributed by atoms with Gasteiger partial charge >= 0.3 is 0 Å². The maximum Gasteiger partial charge on any atom is 0.0584 e. The molecule has 0 radical (unpaired) electrons. The van der Waals surface area contributed by atoms with E-state index in [0.717, 1.165) is 6.54 Å². The number of aryl methyl sites for hydroxylation is 3. The average Bonchev–Trinajstić information content (AvgIpc) is 2.45. The summed E-state index contributed by atoms with van der Waals surface area (Å²) in [6.45, 7) is 14.3. The molecule has 0 heterocycles. The van der Waals surface area contributed by atoms with Gasteiger partial charge in [0.2, 0.25) is 0 Å². The standard InChI is InChI=1S/C20H27N/c1-7-21-20(18-11-9-8-10-13(18)2)19-16(5)14(3)12-15(4)17(19)6/h8-12,20-21H,7H2,1-6H3. The van der Waals surface area contributed by atoms with E-state index in [2.05, 4.69) is 77.2 Å². The highest BCUT2D eigenvalue weighted by molar-refractivity contribution is 5.50. The monoisotopic (exact) mass is 281 g/mol. The van der Waals surface area contributed by atoms with E-state index in [-0.39, 0.29) is 6.04 Å². The largest absolute Gasteiger partial charge is 0.307 e. The van der Waals surface area contributed by atoms with Crippen molar-refractivity contribution in [1.82, 2.24) is 5.32 Å². The molecule has 1 N–H and O–H groups in total. The second-order valence-corrected chi connectivity index (χ2v) is 6.02. The van der Waals surface area contributed by atoms with Crippen LogP contribution in [0.15, 0.2) is 30.3 Å². The van der Waals surface area contributed by atoms with Crippen LogP contribution in [0, 0.1) is 34.6 Å². The number of benzene rings is 2. The van der Waals surface area contributed by atoms with Gasteiger partial charge in [-0.3, -0.25) is 0 Å². The molecule has 112 valence electrons. The van der Waals surface area contributed by atoms with Gasteiger partial charge in [0.25, 0.3) is 0 Å². The molecule has 1 unspecified atom stereocenters. The van der Waals surface area contributed by atoms with Crippen molar-refractivity contribution in [3.8, 4) is 0 Å². The van der Waals surface area contributed by atoms with Gasteiger partial charge in [-0.15, -0.1) is 0 Å². The molecule has 0 spiro atoms. The Kier molecular flexibility index (Phi) is 4.84. The van der Waals surface area contributed by atoms with E-state index in [4.69, 9.17) is 0 Å². The Hall–Kier alpha value is -1.60. The van der Waals surface area contributed by atoms with Crippen molar-refractivity contribution in [3.05, 3.63) is 69.3 Å². The van der Waals surface area contributed by atoms with E-state index in [1.54, 1.807) is 0 Å². The Morgan fingerprint density at radius 1 is 0.857 bits per heavy atom. The second-order valence-electron chi connectivity index (χ2n) is 6.02. The van der Waals surface area contributed by atoms with Crippen molar-refractivity contribution in [2.24, 2.45) is 0 Å². The summed E-state index contributed by atoms with van der Waals surface area (Å²) in [4.78, 5) is 0. The second kappa shape index (κ2) is 6.44. The summed E-state index contributed by atoms with van der Waals surface area (Å²) in [6, 6.07) is 11.3. The Labute approximate surface area is 129 Å². The molecular weight excluding hydrogens is 254 g/mol. The number of hydrogen-bond donors (Lipinski definition) is 1. The molecule has 1 heteroatoms. The van der Waals surface area contributed by atoms with Gasteiger partial charge in [-0.1, -0.05) is 37.3 Å². The number of hydrogen-bond acceptors (Lipinski definition) is 1. The van der Waals surface area contributed by atoms with Crippen LogP contribution in [0.4, 0.5) is 0 Å². The smallest absolute Gasteiger partial charge is 0.0584 e. The quantitative estimate of drug-likeness (QED) is 0.838. The van der Waals surface area contributed by atoms with Crippen LogP contribution in [-0.2, 0) is 0 Å². The molecule has 0 aliphatic carbocycles. The normalized spacial score (nSPS) is 12.5. The predicted molar refractivity (Wildman–Crippen MR) is 92.1 cm³/mol. The fourth-order valence-corrected chi connectivity index (χ4v) is 3.16. The van der Waals surface area contributed by atoms with E-state index in [9.17, 15) is 0 Å². The zero-order valence-corrected chi connectivity index (χ0v) is 14.2. The third-order valence-electron chi connectivity index (χ3n) is 4.62. The average molecular weight is 281 g/mol. The van der Waals surface area contributed by atoms with Crippen LogP contribution in [0.5, 0.6) is 0 Å². The Morgan fingerprint density at radius 3 is 1.95 bits per heavy atom. The van der Waals surface area contributed by atoms with Crippen molar-refractivity contribution in [2.75, 3.05) is 6.54 Å². The van der Waals surface area contributed by atoms with Gasteiger partial charge in [0.15, 0.2) is 0 Å². The summed E-state index contributed by atoms with van der Waals surface area (Å²) in [5, 5.41) is 3.69. The minimum absolute atomic E-state index is 0.273. The van der Waals surface area contributed by atoms with Gasteiger partial charge in [0.05, 0.1) is 6.04 Å². The third-order valence-corrected chi connectivity index (χ3v) is 4.62. The highest BCUT2D eigenvalue weighted by Gasteiger charge is 2.20. The van der Waals surface area contributed by atoms with E-state index < -0.39 is 0 Å². The summed E-state index contributed by atoms with van der Waals surface area (Å²) >= 11 is 0. The van der Waals surface area contributed by atoms with Gasteiger partial charge in [0.1, 0.15) is 0 Å². The Balaban J connectivity index is 2.67. The Morgan fingerprint density at radius 2 is 1.43 bits per heavy atom. The molecule has 0 saturated carbocycles. The zero-order valence-electron chi connectivity index (χ0n) is 14.2. The third kappa shape index (κ3) is 3.03. The van der Waals surface area contributed by atoms with E-state index in [0.29, 0.717) is 0 Å². The first-order chi connectivity index (χ1) is 9.97. The summed E-state index contributed by atoms with van der Waals surface area (Å²) in [7, 11) is 0. The van der Waals surface area contributed by atoms with Crippen molar-refractivity contribution in [3.63, 3.8) is 0 Å². The van der Waals surface area contributed by atoms with Crippen LogP contribution < -0.4 is 5.32 Å². The van der Waals surface area contributed by atoms with Crippen LogP contribution in [-0.4, -0.2) is 6.54 Å². The molecule has 2 aromatic rings. The van der Waals surface area contributed by atoms with Gasteiger partial charge in [-0.2, -0.15) is 0 Å². The summed E-state index contributed by atoms with van der Waals surface area (Å²) in [5.41, 5.74) is 9.76. The first kappa shape index (κ1) is 15.8. The van der Waals surface area contributed by atoms with Gasteiger partial charge < -0.3 is 5.32 Å². The molecule has 2 aromatic carbocycles. The summed E-state index contributed by atoms with van der Waals surface area (Å²) < 4.78 is 0. The minimum atomic E-state index is 0.273. The molecule has 1 nitrogen and oxygen atoms in total. The highest BCUT2D eigenvalue weighted by Crippen LogP contribution is 2.32. The molecule has 0 bridgehead atoms. The van der Waals surface area contributed by atoms with Gasteiger partial charge in [-0.05, 0) is 80.1 Å². The van der Waals surface area contributed by atoms with Gasteiger partial charge in [-0.25, -0.2) is 0 Å². The van der Waals surface area contributed by atoms with Crippen molar-refractivity contribution >= 4 is 0 Å². The number of nitrogens with one attached hydrogen (secondary N) is 1. The fourth-order valence-electron chi connectivity index (χ4n) is 3.16. The predicted octanol–water partition coefficient (Wildman–Crippen LogP) is 4.93. The molecule has 0 aliphatic rings. The zero-order chi connectivity index (χ0) is 15.6. The molecule has 0 aliphatic heterocycles. The molecule has 1 atom stereocenters. The SMILES string of the molecule is CCNC(c1ccccc1C)c1c(C)c(C)cc(C)c1C. The molecule has 0 saturated heterocycles. The molecule has 0 fully saturated rings. The summed E-state index contributed by atoms with van der Waals surface area (Å²) in [6.07, 6.45) is 0. The minimum Gasteiger partial charge on any atom is -0.307 e. The van der Waals surface area contributed by atoms with E-state index >= 15 is 0 Å². The van der Waals surface area contributed by atoms with E-state index in [1.165, 1.54) is 38.9 Å². The van der Waals surface area contributed by atoms with Crippen LogP contribution >= 0.6 is 0 Å². The molecular formula is C20H27N. The van der Waals surface area contributed by atoms with Crippen LogP contribution in [0.1, 0.15) is 51.9 Å². The van der Waals surface area contributed by atoms with Crippen molar-refractivity contribution in [1.29, 1.82) is 0 Å². The van der Waals surface area contributed by atoms with Gasteiger partial charge in [0, 0.05) is 0 Å². The lowest BCUT2D eigenvalue weighted by molar-refractivity contribution is 0.620. The van der Waals surface area contributed by atoms with Crippen LogP contribution in [0.3, 0.4) is 0 Å². The fraction of sp³-hybridized carbons (Fsp3) is 0.400. The van der Waals surface area contributed by atoms with E-state index in [1.807, 2.05) is 0 Å². The number of rotatable bonds is 4. The van der Waals surface area contributed by atoms with Crippen LogP contribution in [0.2, 0.25) is 0 Å². The maximum atomic E-state index is 3.69. The molecule has 21 heavy (non-hydrogen) atoms. The van der Waals surface area contributed by atoms with Crippen molar-refractivity contribution < 1.29 is 0 Å². The molecule has 0 amide bonds. The summed E-state index contributed by atoms with van der Waals surface area (Å²) in [5.74, 6) is 0. The first-order valence-corrected chi connectivity index (χ1v) is 7.83. The lowest BCUT2D eigenvalue weighted by Crippen LogP contribution is -2.25. The molecule has 2 rings (SSSR count). The lowest BCUT2D eigenvalue weighted by atomic mass is 9.85. The highest BCUT2D eigenvalue weighted by atomic mass is 14.9.